The SMILES string of the molecule is COc1ccc(N2CCC(NS(=O)(=O)c3ccc4[nH]c(=O)c(=O)[nH]c4c3)CC2)cc1. The van der Waals surface area contributed by atoms with Crippen LogP contribution in [0, 0.1) is 0 Å². The van der Waals surface area contributed by atoms with Crippen LogP contribution < -0.4 is 25.5 Å². The molecule has 0 bridgehead atoms. The zero-order chi connectivity index (χ0) is 21.3. The number of anilines is 1. The Balaban J connectivity index is 1.45. The number of nitrogens with one attached hydrogen (secondary N) is 3. The summed E-state index contributed by atoms with van der Waals surface area (Å²) in [7, 11) is -2.14. The number of rotatable bonds is 5. The summed E-state index contributed by atoms with van der Waals surface area (Å²) in [5, 5.41) is 0. The van der Waals surface area contributed by atoms with Gasteiger partial charge in [-0.05, 0) is 55.3 Å². The van der Waals surface area contributed by atoms with Gasteiger partial charge in [0.05, 0.1) is 23.0 Å². The van der Waals surface area contributed by atoms with E-state index >= 15 is 0 Å². The minimum atomic E-state index is -3.76. The second kappa shape index (κ2) is 7.96. The Bertz CT molecular complexity index is 1270. The molecule has 0 amide bonds. The van der Waals surface area contributed by atoms with Crippen LogP contribution in [0.4, 0.5) is 5.69 Å². The summed E-state index contributed by atoms with van der Waals surface area (Å²) in [5.74, 6) is 0.794. The first-order chi connectivity index (χ1) is 14.4. The molecule has 1 aromatic heterocycles. The van der Waals surface area contributed by atoms with Crippen LogP contribution in [-0.2, 0) is 10.0 Å². The van der Waals surface area contributed by atoms with Crippen molar-refractivity contribution < 1.29 is 13.2 Å². The number of hydrogen-bond acceptors (Lipinski definition) is 6. The van der Waals surface area contributed by atoms with E-state index in [-0.39, 0.29) is 16.5 Å². The van der Waals surface area contributed by atoms with Gasteiger partial charge in [0, 0.05) is 24.8 Å². The Morgan fingerprint density at radius 3 is 2.23 bits per heavy atom. The predicted molar refractivity (Wildman–Crippen MR) is 114 cm³/mol. The number of sulfonamides is 1. The molecule has 10 heteroatoms. The molecule has 0 atom stereocenters. The highest BCUT2D eigenvalue weighted by Crippen LogP contribution is 2.24. The van der Waals surface area contributed by atoms with Crippen LogP contribution >= 0.6 is 0 Å². The van der Waals surface area contributed by atoms with Gasteiger partial charge in [-0.1, -0.05) is 0 Å². The van der Waals surface area contributed by atoms with Gasteiger partial charge in [0.15, 0.2) is 0 Å². The fourth-order valence-corrected chi connectivity index (χ4v) is 4.93. The molecule has 0 spiro atoms. The van der Waals surface area contributed by atoms with Crippen LogP contribution in [-0.4, -0.2) is 44.6 Å². The first-order valence-corrected chi connectivity index (χ1v) is 11.0. The molecule has 0 saturated carbocycles. The van der Waals surface area contributed by atoms with Crippen LogP contribution in [0.25, 0.3) is 11.0 Å². The van der Waals surface area contributed by atoms with Crippen molar-refractivity contribution in [2.24, 2.45) is 0 Å². The maximum atomic E-state index is 12.8. The summed E-state index contributed by atoms with van der Waals surface area (Å²) < 4.78 is 33.6. The molecule has 0 radical (unpaired) electrons. The minimum Gasteiger partial charge on any atom is -0.497 e. The Hall–Kier alpha value is -3.11. The van der Waals surface area contributed by atoms with Crippen LogP contribution in [0.15, 0.2) is 56.9 Å². The number of methoxy groups -OCH3 is 1. The lowest BCUT2D eigenvalue weighted by Gasteiger charge is -2.33. The summed E-state index contributed by atoms with van der Waals surface area (Å²) in [6, 6.07) is 11.8. The highest BCUT2D eigenvalue weighted by Gasteiger charge is 2.25. The Labute approximate surface area is 172 Å². The summed E-state index contributed by atoms with van der Waals surface area (Å²) in [6.45, 7) is 1.46. The monoisotopic (exact) mass is 430 g/mol. The maximum Gasteiger partial charge on any atom is 0.314 e. The number of H-pyrrole nitrogens is 2. The molecule has 1 aliphatic rings. The third-order valence-electron chi connectivity index (χ3n) is 5.26. The Kier molecular flexibility index (Phi) is 5.35. The zero-order valence-corrected chi connectivity index (χ0v) is 17.2. The second-order valence-corrected chi connectivity index (χ2v) is 8.91. The molecule has 4 rings (SSSR count). The van der Waals surface area contributed by atoms with Crippen LogP contribution in [0.5, 0.6) is 5.75 Å². The number of benzene rings is 2. The summed E-state index contributed by atoms with van der Waals surface area (Å²) in [5.41, 5.74) is 0.100. The molecule has 1 aliphatic heterocycles. The molecule has 2 heterocycles. The fraction of sp³-hybridized carbons (Fsp3) is 0.300. The van der Waals surface area contributed by atoms with Crippen molar-refractivity contribution in [1.82, 2.24) is 14.7 Å². The number of nitrogens with zero attached hydrogens (tertiary/aromatic N) is 1. The molecule has 3 N–H and O–H groups in total. The van der Waals surface area contributed by atoms with Crippen molar-refractivity contribution in [2.75, 3.05) is 25.1 Å². The van der Waals surface area contributed by atoms with E-state index in [0.29, 0.717) is 18.4 Å². The first kappa shape index (κ1) is 20.2. The lowest BCUT2D eigenvalue weighted by atomic mass is 10.1. The first-order valence-electron chi connectivity index (χ1n) is 9.53. The molecule has 30 heavy (non-hydrogen) atoms. The number of fused-ring (bicyclic) bond motifs is 1. The quantitative estimate of drug-likeness (QED) is 0.522. The molecule has 0 aliphatic carbocycles. The van der Waals surface area contributed by atoms with Crippen molar-refractivity contribution >= 4 is 26.7 Å². The maximum absolute atomic E-state index is 12.8. The largest absolute Gasteiger partial charge is 0.497 e. The average molecular weight is 430 g/mol. The zero-order valence-electron chi connectivity index (χ0n) is 16.3. The third-order valence-corrected chi connectivity index (χ3v) is 6.78. The minimum absolute atomic E-state index is 0.0373. The van der Waals surface area contributed by atoms with Gasteiger partial charge in [0.1, 0.15) is 5.75 Å². The smallest absolute Gasteiger partial charge is 0.314 e. The van der Waals surface area contributed by atoms with Crippen molar-refractivity contribution in [3.63, 3.8) is 0 Å². The van der Waals surface area contributed by atoms with E-state index in [1.54, 1.807) is 7.11 Å². The van der Waals surface area contributed by atoms with Gasteiger partial charge in [-0.15, -0.1) is 0 Å². The average Bonchev–Trinajstić information content (AvgIpc) is 2.74. The van der Waals surface area contributed by atoms with Gasteiger partial charge in [-0.25, -0.2) is 13.1 Å². The predicted octanol–water partition coefficient (Wildman–Crippen LogP) is 1.17. The van der Waals surface area contributed by atoms with E-state index in [0.717, 1.165) is 24.5 Å². The van der Waals surface area contributed by atoms with E-state index in [9.17, 15) is 18.0 Å². The Morgan fingerprint density at radius 2 is 1.60 bits per heavy atom. The van der Waals surface area contributed by atoms with Gasteiger partial charge >= 0.3 is 11.1 Å². The molecule has 0 unspecified atom stereocenters. The van der Waals surface area contributed by atoms with Gasteiger partial charge in [-0.3, -0.25) is 9.59 Å². The molecular weight excluding hydrogens is 408 g/mol. The van der Waals surface area contributed by atoms with Crippen LogP contribution in [0.2, 0.25) is 0 Å². The number of piperidine rings is 1. The molecule has 3 aromatic rings. The molecule has 2 aromatic carbocycles. The second-order valence-electron chi connectivity index (χ2n) is 7.20. The molecular formula is C20H22N4O5S. The van der Waals surface area contributed by atoms with Gasteiger partial charge in [0.25, 0.3) is 0 Å². The van der Waals surface area contributed by atoms with E-state index in [1.807, 2.05) is 24.3 Å². The topological polar surface area (TPSA) is 124 Å². The molecule has 9 nitrogen and oxygen atoms in total. The van der Waals surface area contributed by atoms with E-state index in [2.05, 4.69) is 19.6 Å². The molecule has 1 fully saturated rings. The van der Waals surface area contributed by atoms with Gasteiger partial charge in [-0.2, -0.15) is 0 Å². The van der Waals surface area contributed by atoms with Gasteiger partial charge in [0.2, 0.25) is 10.0 Å². The van der Waals surface area contributed by atoms with Crippen molar-refractivity contribution in [2.45, 2.75) is 23.8 Å². The molecule has 1 saturated heterocycles. The number of aromatic nitrogens is 2. The normalized spacial score (nSPS) is 15.4. The lowest BCUT2D eigenvalue weighted by molar-refractivity contribution is 0.414. The number of hydrogen-bond donors (Lipinski definition) is 3. The number of aromatic amines is 2. The summed E-state index contributed by atoms with van der Waals surface area (Å²) in [4.78, 5) is 30.0. The Morgan fingerprint density at radius 1 is 0.967 bits per heavy atom. The third kappa shape index (κ3) is 4.10. The summed E-state index contributed by atoms with van der Waals surface area (Å²) in [6.07, 6.45) is 1.34. The highest BCUT2D eigenvalue weighted by atomic mass is 32.2. The summed E-state index contributed by atoms with van der Waals surface area (Å²) >= 11 is 0. The van der Waals surface area contributed by atoms with E-state index in [4.69, 9.17) is 4.74 Å². The molecule has 158 valence electrons. The van der Waals surface area contributed by atoms with Crippen LogP contribution in [0.3, 0.4) is 0 Å². The van der Waals surface area contributed by atoms with E-state index in [1.165, 1.54) is 18.2 Å². The van der Waals surface area contributed by atoms with Crippen LogP contribution in [0.1, 0.15) is 12.8 Å². The van der Waals surface area contributed by atoms with Gasteiger partial charge < -0.3 is 19.6 Å². The van der Waals surface area contributed by atoms with Crippen molar-refractivity contribution in [3.8, 4) is 5.75 Å². The van der Waals surface area contributed by atoms with Crippen molar-refractivity contribution in [1.29, 1.82) is 0 Å². The van der Waals surface area contributed by atoms with Crippen molar-refractivity contribution in [3.05, 3.63) is 63.2 Å². The lowest BCUT2D eigenvalue weighted by Crippen LogP contribution is -2.44. The highest BCUT2D eigenvalue weighted by molar-refractivity contribution is 7.89. The van der Waals surface area contributed by atoms with E-state index < -0.39 is 21.1 Å². The standard InChI is InChI=1S/C20H22N4O5S/c1-29-15-4-2-14(3-5-15)24-10-8-13(9-11-24)23-30(27,28)16-6-7-17-18(12-16)22-20(26)19(25)21-17/h2-7,12-13,23H,8-11H2,1H3,(H,21,25)(H,22,26). The number of ether oxygens (including phenoxy) is 1. The fourth-order valence-electron chi connectivity index (χ4n) is 3.60.